The Kier molecular flexibility index (Phi) is 5.34. The van der Waals surface area contributed by atoms with Gasteiger partial charge in [0.15, 0.2) is 5.78 Å². The van der Waals surface area contributed by atoms with Gasteiger partial charge in [0.05, 0.1) is 24.1 Å². The van der Waals surface area contributed by atoms with Gasteiger partial charge in [0.2, 0.25) is 0 Å². The molecule has 1 atom stereocenters. The molecule has 0 spiro atoms. The number of phenols is 2. The molecular formula is C14H18N2O3. The van der Waals surface area contributed by atoms with Crippen LogP contribution < -0.4 is 0 Å². The van der Waals surface area contributed by atoms with Crippen LogP contribution in [0.4, 0.5) is 0 Å². The van der Waals surface area contributed by atoms with E-state index in [1.807, 2.05) is 11.8 Å². The molecule has 5 heteroatoms. The fourth-order valence-corrected chi connectivity index (χ4v) is 1.78. The molecule has 0 radical (unpaired) electrons. The fraction of sp³-hybridized carbons (Fsp3) is 0.429. The van der Waals surface area contributed by atoms with Gasteiger partial charge in [0.25, 0.3) is 0 Å². The van der Waals surface area contributed by atoms with Gasteiger partial charge in [-0.2, -0.15) is 5.26 Å². The molecule has 0 saturated carbocycles. The normalized spacial score (nSPS) is 12.1. The number of aromatic hydroxyl groups is 2. The molecule has 0 amide bonds. The van der Waals surface area contributed by atoms with Crippen molar-refractivity contribution < 1.29 is 15.0 Å². The number of ketones is 1. The maximum Gasteiger partial charge on any atom is 0.180 e. The lowest BCUT2D eigenvalue weighted by Gasteiger charge is -2.20. The molecule has 1 aromatic rings. The number of hydrogen-bond donors (Lipinski definition) is 2. The quantitative estimate of drug-likeness (QED) is 0.763. The molecular weight excluding hydrogens is 244 g/mol. The predicted molar refractivity (Wildman–Crippen MR) is 71.0 cm³/mol. The molecule has 0 saturated heterocycles. The summed E-state index contributed by atoms with van der Waals surface area (Å²) >= 11 is 0. The van der Waals surface area contributed by atoms with E-state index >= 15 is 0 Å². The number of nitrogens with zero attached hydrogens (tertiary/aromatic N) is 2. The summed E-state index contributed by atoms with van der Waals surface area (Å²) in [4.78, 5) is 13.9. The van der Waals surface area contributed by atoms with Gasteiger partial charge in [-0.25, -0.2) is 0 Å². The summed E-state index contributed by atoms with van der Waals surface area (Å²) in [5, 5.41) is 27.6. The third-order valence-electron chi connectivity index (χ3n) is 2.85. The van der Waals surface area contributed by atoms with Gasteiger partial charge < -0.3 is 10.2 Å². The van der Waals surface area contributed by atoms with Crippen molar-refractivity contribution >= 4 is 5.78 Å². The lowest BCUT2D eigenvalue weighted by Crippen LogP contribution is -2.33. The third kappa shape index (κ3) is 4.27. The summed E-state index contributed by atoms with van der Waals surface area (Å²) in [6.45, 7) is 5.01. The lowest BCUT2D eigenvalue weighted by molar-refractivity contribution is 0.0926. The zero-order chi connectivity index (χ0) is 14.4. The smallest absolute Gasteiger partial charge is 0.180 e. The molecule has 2 N–H and O–H groups in total. The molecule has 0 fully saturated rings. The highest BCUT2D eigenvalue weighted by Gasteiger charge is 2.16. The third-order valence-corrected chi connectivity index (χ3v) is 2.85. The van der Waals surface area contributed by atoms with E-state index in [-0.39, 0.29) is 35.3 Å². The number of hydrogen-bond acceptors (Lipinski definition) is 5. The molecule has 1 unspecified atom stereocenters. The molecule has 0 aliphatic carbocycles. The van der Waals surface area contributed by atoms with Crippen LogP contribution in [0.15, 0.2) is 18.2 Å². The van der Waals surface area contributed by atoms with Gasteiger partial charge >= 0.3 is 0 Å². The van der Waals surface area contributed by atoms with Crippen molar-refractivity contribution in [3.05, 3.63) is 23.8 Å². The minimum absolute atomic E-state index is 0.0838. The maximum absolute atomic E-state index is 12.0. The molecule has 0 bridgehead atoms. The average Bonchev–Trinajstić information content (AvgIpc) is 2.37. The van der Waals surface area contributed by atoms with Crippen LogP contribution >= 0.6 is 0 Å². The highest BCUT2D eigenvalue weighted by molar-refractivity contribution is 6.00. The number of carbonyl (C=O) groups is 1. The molecule has 0 aromatic heterocycles. The largest absolute Gasteiger partial charge is 0.508 e. The summed E-state index contributed by atoms with van der Waals surface area (Å²) in [5.41, 5.74) is 0.181. The van der Waals surface area contributed by atoms with E-state index in [2.05, 4.69) is 6.07 Å². The van der Waals surface area contributed by atoms with Gasteiger partial charge in [-0.05, 0) is 25.6 Å². The SMILES string of the molecule is CCN(CC(=O)c1ccc(O)cc1O)CC(C)C#N. The highest BCUT2D eigenvalue weighted by Crippen LogP contribution is 2.23. The van der Waals surface area contributed by atoms with E-state index in [4.69, 9.17) is 5.26 Å². The van der Waals surface area contributed by atoms with Crippen LogP contribution in [0.3, 0.4) is 0 Å². The Hall–Kier alpha value is -2.06. The maximum atomic E-state index is 12.0. The predicted octanol–water partition coefficient (Wildman–Crippen LogP) is 1.76. The van der Waals surface area contributed by atoms with Gasteiger partial charge in [0.1, 0.15) is 11.5 Å². The molecule has 102 valence electrons. The van der Waals surface area contributed by atoms with Gasteiger partial charge in [0, 0.05) is 12.6 Å². The Labute approximate surface area is 112 Å². The van der Waals surface area contributed by atoms with E-state index in [1.54, 1.807) is 6.92 Å². The molecule has 1 rings (SSSR count). The van der Waals surface area contributed by atoms with Crippen molar-refractivity contribution in [3.8, 4) is 17.6 Å². The summed E-state index contributed by atoms with van der Waals surface area (Å²) in [7, 11) is 0. The first-order valence-corrected chi connectivity index (χ1v) is 6.15. The van der Waals surface area contributed by atoms with E-state index in [9.17, 15) is 15.0 Å². The molecule has 0 heterocycles. The Morgan fingerprint density at radius 2 is 2.16 bits per heavy atom. The number of nitriles is 1. The lowest BCUT2D eigenvalue weighted by atomic mass is 10.1. The van der Waals surface area contributed by atoms with Crippen LogP contribution in [0.5, 0.6) is 11.5 Å². The summed E-state index contributed by atoms with van der Waals surface area (Å²) in [6.07, 6.45) is 0. The van der Waals surface area contributed by atoms with Crippen LogP contribution in [0.1, 0.15) is 24.2 Å². The number of benzene rings is 1. The van der Waals surface area contributed by atoms with E-state index in [1.165, 1.54) is 12.1 Å². The van der Waals surface area contributed by atoms with Crippen LogP contribution in [0.2, 0.25) is 0 Å². The standard InChI is InChI=1S/C14H18N2O3/c1-3-16(8-10(2)7-15)9-14(19)12-5-4-11(17)6-13(12)18/h4-6,10,17-18H,3,8-9H2,1-2H3. The monoisotopic (exact) mass is 262 g/mol. The van der Waals surface area contributed by atoms with E-state index in [0.29, 0.717) is 13.1 Å². The van der Waals surface area contributed by atoms with Crippen LogP contribution in [-0.2, 0) is 0 Å². The summed E-state index contributed by atoms with van der Waals surface area (Å²) < 4.78 is 0. The average molecular weight is 262 g/mol. The first-order valence-electron chi connectivity index (χ1n) is 6.15. The zero-order valence-electron chi connectivity index (χ0n) is 11.1. The molecule has 0 aliphatic rings. The second kappa shape index (κ2) is 6.76. The van der Waals surface area contributed by atoms with Crippen molar-refractivity contribution in [2.24, 2.45) is 5.92 Å². The number of rotatable bonds is 6. The van der Waals surface area contributed by atoms with E-state index < -0.39 is 0 Å². The Balaban J connectivity index is 2.75. The van der Waals surface area contributed by atoms with Crippen molar-refractivity contribution in [3.63, 3.8) is 0 Å². The van der Waals surface area contributed by atoms with Crippen LogP contribution in [-0.4, -0.2) is 40.5 Å². The Morgan fingerprint density at radius 1 is 1.47 bits per heavy atom. The van der Waals surface area contributed by atoms with Gasteiger partial charge in [-0.3, -0.25) is 9.69 Å². The second-order valence-corrected chi connectivity index (χ2v) is 4.48. The molecule has 1 aromatic carbocycles. The van der Waals surface area contributed by atoms with Crippen LogP contribution in [0, 0.1) is 17.2 Å². The number of Topliss-reactive ketones (excluding diaryl/α,β-unsaturated/α-hetero) is 1. The zero-order valence-corrected chi connectivity index (χ0v) is 11.1. The Morgan fingerprint density at radius 3 is 2.68 bits per heavy atom. The van der Waals surface area contributed by atoms with Crippen molar-refractivity contribution in [1.82, 2.24) is 4.90 Å². The highest BCUT2D eigenvalue weighted by atomic mass is 16.3. The molecule has 19 heavy (non-hydrogen) atoms. The first-order chi connectivity index (χ1) is 8.97. The van der Waals surface area contributed by atoms with Crippen LogP contribution in [0.25, 0.3) is 0 Å². The number of likely N-dealkylation sites (N-methyl/N-ethyl adjacent to an activating group) is 1. The number of carbonyl (C=O) groups excluding carboxylic acids is 1. The first kappa shape index (κ1) is 15.0. The fourth-order valence-electron chi connectivity index (χ4n) is 1.78. The number of phenolic OH excluding ortho intramolecular Hbond substituents is 2. The van der Waals surface area contributed by atoms with Gasteiger partial charge in [-0.15, -0.1) is 0 Å². The summed E-state index contributed by atoms with van der Waals surface area (Å²) in [6, 6.07) is 6.03. The Bertz CT molecular complexity index is 494. The van der Waals surface area contributed by atoms with Gasteiger partial charge in [-0.1, -0.05) is 6.92 Å². The summed E-state index contributed by atoms with van der Waals surface area (Å²) in [5.74, 6) is -0.695. The minimum Gasteiger partial charge on any atom is -0.508 e. The van der Waals surface area contributed by atoms with E-state index in [0.717, 1.165) is 6.07 Å². The topological polar surface area (TPSA) is 84.6 Å². The second-order valence-electron chi connectivity index (χ2n) is 4.48. The minimum atomic E-state index is -0.232. The molecule has 5 nitrogen and oxygen atoms in total. The molecule has 0 aliphatic heterocycles. The van der Waals surface area contributed by atoms with Crippen molar-refractivity contribution in [2.75, 3.05) is 19.6 Å². The van der Waals surface area contributed by atoms with Crippen molar-refractivity contribution in [2.45, 2.75) is 13.8 Å². The van der Waals surface area contributed by atoms with Crippen molar-refractivity contribution in [1.29, 1.82) is 5.26 Å².